The third kappa shape index (κ3) is 5.41. The summed E-state index contributed by atoms with van der Waals surface area (Å²) in [5, 5.41) is 4.12. The highest BCUT2D eigenvalue weighted by molar-refractivity contribution is 6.30. The van der Waals surface area contributed by atoms with Crippen LogP contribution in [0.25, 0.3) is 11.0 Å². The fourth-order valence-electron chi connectivity index (χ4n) is 4.20. The first-order chi connectivity index (χ1) is 16.1. The average Bonchev–Trinajstić information content (AvgIpc) is 3.25. The molecule has 5 rings (SSSR count). The summed E-state index contributed by atoms with van der Waals surface area (Å²) in [5.41, 5.74) is 12.0. The second-order valence-corrected chi connectivity index (χ2v) is 8.94. The van der Waals surface area contributed by atoms with E-state index in [2.05, 4.69) is 44.5 Å². The van der Waals surface area contributed by atoms with Gasteiger partial charge < -0.3 is 25.7 Å². The van der Waals surface area contributed by atoms with Crippen LogP contribution >= 0.6 is 11.6 Å². The number of halogens is 1. The summed E-state index contributed by atoms with van der Waals surface area (Å²) in [6, 6.07) is 22.3. The predicted octanol–water partition coefficient (Wildman–Crippen LogP) is 5.60. The van der Waals surface area contributed by atoms with Crippen LogP contribution < -0.4 is 16.0 Å². The number of anilines is 3. The highest BCUT2D eigenvalue weighted by atomic mass is 35.5. The van der Waals surface area contributed by atoms with Gasteiger partial charge in [-0.05, 0) is 66.4 Å². The highest BCUT2D eigenvalue weighted by Crippen LogP contribution is 2.23. The van der Waals surface area contributed by atoms with Crippen molar-refractivity contribution >= 4 is 40.0 Å². The molecule has 3 aromatic carbocycles. The number of ether oxygens (including phenoxy) is 1. The Hall–Kier alpha value is -3.22. The maximum atomic E-state index is 6.12. The van der Waals surface area contributed by atoms with Crippen molar-refractivity contribution in [2.75, 3.05) is 29.0 Å². The number of nitrogens with zero attached hydrogens (tertiary/aromatic N) is 2. The third-order valence-corrected chi connectivity index (χ3v) is 6.36. The summed E-state index contributed by atoms with van der Waals surface area (Å²) in [5.74, 6) is 0.750. The molecular formula is C26H28ClN5O. The fourth-order valence-corrected chi connectivity index (χ4v) is 4.32. The molecule has 0 bridgehead atoms. The molecule has 33 heavy (non-hydrogen) atoms. The van der Waals surface area contributed by atoms with Crippen LogP contribution in [0.3, 0.4) is 0 Å². The van der Waals surface area contributed by atoms with E-state index >= 15 is 0 Å². The number of nitrogens with one attached hydrogen (secondary N) is 2. The molecule has 4 N–H and O–H groups in total. The van der Waals surface area contributed by atoms with E-state index in [1.165, 1.54) is 11.3 Å². The summed E-state index contributed by atoms with van der Waals surface area (Å²) >= 11 is 5.95. The van der Waals surface area contributed by atoms with Crippen LogP contribution in [0.2, 0.25) is 5.02 Å². The van der Waals surface area contributed by atoms with Crippen LogP contribution in [-0.4, -0.2) is 29.2 Å². The zero-order valence-electron chi connectivity index (χ0n) is 18.4. The number of benzene rings is 3. The first-order valence-electron chi connectivity index (χ1n) is 11.3. The minimum atomic E-state index is 0.305. The van der Waals surface area contributed by atoms with Gasteiger partial charge in [0.2, 0.25) is 5.95 Å². The van der Waals surface area contributed by atoms with Gasteiger partial charge >= 0.3 is 0 Å². The molecule has 7 heteroatoms. The Morgan fingerprint density at radius 2 is 1.73 bits per heavy atom. The normalized spacial score (nSPS) is 14.6. The van der Waals surface area contributed by atoms with Crippen molar-refractivity contribution < 1.29 is 4.74 Å². The molecular weight excluding hydrogens is 434 g/mol. The number of rotatable bonds is 7. The molecule has 2 heterocycles. The Labute approximate surface area is 198 Å². The van der Waals surface area contributed by atoms with Crippen molar-refractivity contribution in [1.82, 2.24) is 9.97 Å². The quantitative estimate of drug-likeness (QED) is 0.312. The van der Waals surface area contributed by atoms with Crippen LogP contribution in [0.4, 0.5) is 17.3 Å². The van der Waals surface area contributed by atoms with Gasteiger partial charge in [-0.2, -0.15) is 0 Å². The SMILES string of the molecule is Nc1ccc2nc(NCc3ccc(N4CCC(OCc5ccc(Cl)cc5)CC4)cc3)[nH]c2c1. The average molecular weight is 462 g/mol. The number of fused-ring (bicyclic) bond motifs is 1. The van der Waals surface area contributed by atoms with Crippen LogP contribution in [-0.2, 0) is 17.9 Å². The summed E-state index contributed by atoms with van der Waals surface area (Å²) < 4.78 is 6.12. The van der Waals surface area contributed by atoms with Gasteiger partial charge in [-0.1, -0.05) is 35.9 Å². The van der Waals surface area contributed by atoms with Gasteiger partial charge in [0, 0.05) is 36.0 Å². The molecule has 0 radical (unpaired) electrons. The minimum Gasteiger partial charge on any atom is -0.399 e. The zero-order valence-corrected chi connectivity index (χ0v) is 19.2. The molecule has 1 aliphatic heterocycles. The van der Waals surface area contributed by atoms with E-state index < -0.39 is 0 Å². The van der Waals surface area contributed by atoms with Crippen LogP contribution in [0.5, 0.6) is 0 Å². The molecule has 0 unspecified atom stereocenters. The lowest BCUT2D eigenvalue weighted by molar-refractivity contribution is 0.0251. The molecule has 0 saturated carbocycles. The van der Waals surface area contributed by atoms with Gasteiger partial charge in [0.05, 0.1) is 23.7 Å². The van der Waals surface area contributed by atoms with E-state index in [1.54, 1.807) is 0 Å². The minimum absolute atomic E-state index is 0.305. The van der Waals surface area contributed by atoms with Crippen LogP contribution in [0.15, 0.2) is 66.7 Å². The molecule has 4 aromatic rings. The first-order valence-corrected chi connectivity index (χ1v) is 11.7. The van der Waals surface area contributed by atoms with Gasteiger partial charge in [-0.15, -0.1) is 0 Å². The van der Waals surface area contributed by atoms with Crippen molar-refractivity contribution in [3.63, 3.8) is 0 Å². The number of piperidine rings is 1. The van der Waals surface area contributed by atoms with Gasteiger partial charge in [0.1, 0.15) is 0 Å². The Bertz CT molecular complexity index is 1200. The predicted molar refractivity (Wildman–Crippen MR) is 136 cm³/mol. The topological polar surface area (TPSA) is 79.2 Å². The molecule has 1 aliphatic rings. The number of H-pyrrole nitrogens is 1. The number of imidazole rings is 1. The molecule has 1 fully saturated rings. The number of nitrogens with two attached hydrogens (primary N) is 1. The van der Waals surface area contributed by atoms with Crippen LogP contribution in [0, 0.1) is 0 Å². The number of hydrogen-bond acceptors (Lipinski definition) is 5. The maximum Gasteiger partial charge on any atom is 0.201 e. The van der Waals surface area contributed by atoms with E-state index in [-0.39, 0.29) is 0 Å². The lowest BCUT2D eigenvalue weighted by atomic mass is 10.1. The molecule has 0 atom stereocenters. The zero-order chi connectivity index (χ0) is 22.6. The van der Waals surface area contributed by atoms with Crippen molar-refractivity contribution in [2.45, 2.75) is 32.1 Å². The maximum absolute atomic E-state index is 6.12. The van der Waals surface area contributed by atoms with E-state index in [0.29, 0.717) is 19.3 Å². The molecule has 1 saturated heterocycles. The summed E-state index contributed by atoms with van der Waals surface area (Å²) in [6.45, 7) is 3.36. The summed E-state index contributed by atoms with van der Waals surface area (Å²) in [7, 11) is 0. The second kappa shape index (κ2) is 9.73. The summed E-state index contributed by atoms with van der Waals surface area (Å²) in [4.78, 5) is 10.3. The van der Waals surface area contributed by atoms with Gasteiger partial charge in [0.25, 0.3) is 0 Å². The Kier molecular flexibility index (Phi) is 6.37. The number of nitrogen functional groups attached to an aromatic ring is 1. The Balaban J connectivity index is 1.09. The molecule has 0 amide bonds. The Morgan fingerprint density at radius 1 is 1.00 bits per heavy atom. The van der Waals surface area contributed by atoms with E-state index in [1.807, 2.05) is 42.5 Å². The summed E-state index contributed by atoms with van der Waals surface area (Å²) in [6.07, 6.45) is 2.38. The highest BCUT2D eigenvalue weighted by Gasteiger charge is 2.20. The molecule has 170 valence electrons. The molecule has 0 aliphatic carbocycles. The van der Waals surface area contributed by atoms with Crippen molar-refractivity contribution in [2.24, 2.45) is 0 Å². The van der Waals surface area contributed by atoms with Crippen molar-refractivity contribution in [3.8, 4) is 0 Å². The van der Waals surface area contributed by atoms with Gasteiger partial charge in [-0.3, -0.25) is 0 Å². The van der Waals surface area contributed by atoms with Crippen molar-refractivity contribution in [1.29, 1.82) is 0 Å². The molecule has 1 aromatic heterocycles. The van der Waals surface area contributed by atoms with E-state index in [0.717, 1.165) is 59.2 Å². The van der Waals surface area contributed by atoms with Crippen molar-refractivity contribution in [3.05, 3.63) is 82.9 Å². The molecule has 0 spiro atoms. The van der Waals surface area contributed by atoms with Crippen LogP contribution in [0.1, 0.15) is 24.0 Å². The van der Waals surface area contributed by atoms with Gasteiger partial charge in [0.15, 0.2) is 0 Å². The fraction of sp³-hybridized carbons (Fsp3) is 0.269. The van der Waals surface area contributed by atoms with Gasteiger partial charge in [-0.25, -0.2) is 4.98 Å². The standard InChI is InChI=1S/C26H28ClN5O/c27-20-5-1-19(2-6-20)17-33-23-11-13-32(14-12-23)22-8-3-18(4-9-22)16-29-26-30-24-10-7-21(28)15-25(24)31-26/h1-10,15,23H,11-14,16-17,28H2,(H2,29,30,31). The molecule has 6 nitrogen and oxygen atoms in total. The monoisotopic (exact) mass is 461 g/mol. The second-order valence-electron chi connectivity index (χ2n) is 8.51. The smallest absolute Gasteiger partial charge is 0.201 e. The Morgan fingerprint density at radius 3 is 2.48 bits per heavy atom. The number of aromatic amines is 1. The lowest BCUT2D eigenvalue weighted by Crippen LogP contribution is -2.37. The lowest BCUT2D eigenvalue weighted by Gasteiger charge is -2.33. The van der Waals surface area contributed by atoms with E-state index in [9.17, 15) is 0 Å². The first kappa shape index (κ1) is 21.6. The van der Waals surface area contributed by atoms with E-state index in [4.69, 9.17) is 22.1 Å². The largest absolute Gasteiger partial charge is 0.399 e. The third-order valence-electron chi connectivity index (χ3n) is 6.11. The number of hydrogen-bond donors (Lipinski definition) is 3. The number of aromatic nitrogens is 2.